The van der Waals surface area contributed by atoms with Crippen LogP contribution in [-0.2, 0) is 4.74 Å². The molecular weight excluding hydrogens is 184 g/mol. The van der Waals surface area contributed by atoms with E-state index in [4.69, 9.17) is 4.74 Å². The molecule has 84 valence electrons. The van der Waals surface area contributed by atoms with Gasteiger partial charge in [-0.05, 0) is 52.4 Å². The Morgan fingerprint density at radius 2 is 1.40 bits per heavy atom. The van der Waals surface area contributed by atoms with Crippen LogP contribution in [0.4, 0.5) is 0 Å². The summed E-state index contributed by atoms with van der Waals surface area (Å²) >= 11 is 0. The van der Waals surface area contributed by atoms with Crippen LogP contribution < -0.4 is 0 Å². The Kier molecular flexibility index (Phi) is 3.63. The SMILES string of the molecule is CC1=CCC(O[C@@H]2CC=C(C)CC2)CC1. The second-order valence-electron chi connectivity index (χ2n) is 5.03. The second kappa shape index (κ2) is 4.98. The summed E-state index contributed by atoms with van der Waals surface area (Å²) in [4.78, 5) is 0. The summed E-state index contributed by atoms with van der Waals surface area (Å²) in [5.74, 6) is 0. The Bertz CT molecular complexity index is 247. The first-order chi connectivity index (χ1) is 7.24. The summed E-state index contributed by atoms with van der Waals surface area (Å²) in [6.45, 7) is 4.45. The van der Waals surface area contributed by atoms with Crippen LogP contribution in [-0.4, -0.2) is 12.2 Å². The molecule has 15 heavy (non-hydrogen) atoms. The minimum absolute atomic E-state index is 0.491. The van der Waals surface area contributed by atoms with Crippen molar-refractivity contribution in [2.45, 2.75) is 64.6 Å². The standard InChI is InChI=1S/C14H22O/c1-11-3-7-13(8-4-11)15-14-9-5-12(2)6-10-14/h3,5,13-14H,4,6-10H2,1-2H3/t13-,14?/m1/s1. The van der Waals surface area contributed by atoms with E-state index in [1.54, 1.807) is 0 Å². The van der Waals surface area contributed by atoms with Crippen LogP contribution in [0, 0.1) is 0 Å². The predicted molar refractivity (Wildman–Crippen MR) is 63.9 cm³/mol. The van der Waals surface area contributed by atoms with E-state index in [1.165, 1.54) is 36.8 Å². The molecule has 0 aliphatic heterocycles. The summed E-state index contributed by atoms with van der Waals surface area (Å²) < 4.78 is 6.14. The van der Waals surface area contributed by atoms with E-state index in [0.29, 0.717) is 12.2 Å². The Labute approximate surface area is 93.2 Å². The highest BCUT2D eigenvalue weighted by Crippen LogP contribution is 2.26. The number of hydrogen-bond acceptors (Lipinski definition) is 1. The lowest BCUT2D eigenvalue weighted by Crippen LogP contribution is -2.24. The maximum atomic E-state index is 6.14. The van der Waals surface area contributed by atoms with Gasteiger partial charge in [0.15, 0.2) is 0 Å². The van der Waals surface area contributed by atoms with Crippen LogP contribution >= 0.6 is 0 Å². The lowest BCUT2D eigenvalue weighted by molar-refractivity contribution is -0.0208. The van der Waals surface area contributed by atoms with Crippen molar-refractivity contribution < 1.29 is 4.74 Å². The molecule has 0 aromatic carbocycles. The zero-order valence-electron chi connectivity index (χ0n) is 9.96. The summed E-state index contributed by atoms with van der Waals surface area (Å²) in [7, 11) is 0. The van der Waals surface area contributed by atoms with Gasteiger partial charge >= 0.3 is 0 Å². The van der Waals surface area contributed by atoms with E-state index in [0.717, 1.165) is 12.8 Å². The van der Waals surface area contributed by atoms with Crippen LogP contribution in [0.25, 0.3) is 0 Å². The van der Waals surface area contributed by atoms with Crippen LogP contribution in [0.5, 0.6) is 0 Å². The van der Waals surface area contributed by atoms with Crippen molar-refractivity contribution in [2.75, 3.05) is 0 Å². The molecule has 2 rings (SSSR count). The zero-order valence-corrected chi connectivity index (χ0v) is 9.96. The van der Waals surface area contributed by atoms with Gasteiger partial charge in [0.1, 0.15) is 0 Å². The van der Waals surface area contributed by atoms with E-state index >= 15 is 0 Å². The Morgan fingerprint density at radius 3 is 1.73 bits per heavy atom. The van der Waals surface area contributed by atoms with Crippen molar-refractivity contribution in [3.05, 3.63) is 23.3 Å². The summed E-state index contributed by atoms with van der Waals surface area (Å²) in [6.07, 6.45) is 12.8. The minimum atomic E-state index is 0.491. The molecule has 0 fully saturated rings. The molecule has 1 heteroatoms. The minimum Gasteiger partial charge on any atom is -0.374 e. The fourth-order valence-corrected chi connectivity index (χ4v) is 2.40. The van der Waals surface area contributed by atoms with E-state index in [2.05, 4.69) is 26.0 Å². The molecule has 0 amide bonds. The average molecular weight is 206 g/mol. The molecule has 0 heterocycles. The number of rotatable bonds is 2. The highest BCUT2D eigenvalue weighted by atomic mass is 16.5. The Morgan fingerprint density at radius 1 is 0.933 bits per heavy atom. The van der Waals surface area contributed by atoms with Gasteiger partial charge in [0.25, 0.3) is 0 Å². The molecular formula is C14H22O. The van der Waals surface area contributed by atoms with Crippen molar-refractivity contribution in [1.29, 1.82) is 0 Å². The third-order valence-electron chi connectivity index (χ3n) is 3.56. The molecule has 0 saturated heterocycles. The average Bonchev–Trinajstić information content (AvgIpc) is 2.25. The molecule has 0 spiro atoms. The van der Waals surface area contributed by atoms with Gasteiger partial charge in [-0.25, -0.2) is 0 Å². The fourth-order valence-electron chi connectivity index (χ4n) is 2.40. The Balaban J connectivity index is 1.78. The third kappa shape index (κ3) is 3.20. The van der Waals surface area contributed by atoms with Crippen LogP contribution in [0.3, 0.4) is 0 Å². The number of allylic oxidation sites excluding steroid dienone is 2. The van der Waals surface area contributed by atoms with Crippen molar-refractivity contribution >= 4 is 0 Å². The number of ether oxygens (including phenoxy) is 1. The Hall–Kier alpha value is -0.560. The van der Waals surface area contributed by atoms with Crippen LogP contribution in [0.1, 0.15) is 52.4 Å². The summed E-state index contributed by atoms with van der Waals surface area (Å²) in [5, 5.41) is 0. The third-order valence-corrected chi connectivity index (χ3v) is 3.56. The zero-order chi connectivity index (χ0) is 10.7. The molecule has 0 bridgehead atoms. The first-order valence-corrected chi connectivity index (χ1v) is 6.21. The molecule has 1 unspecified atom stereocenters. The molecule has 0 N–H and O–H groups in total. The van der Waals surface area contributed by atoms with Crippen LogP contribution in [0.15, 0.2) is 23.3 Å². The van der Waals surface area contributed by atoms with E-state index < -0.39 is 0 Å². The molecule has 0 aromatic rings. The first-order valence-electron chi connectivity index (χ1n) is 6.21. The smallest absolute Gasteiger partial charge is 0.0616 e. The first kappa shape index (κ1) is 10.9. The van der Waals surface area contributed by atoms with Gasteiger partial charge in [-0.1, -0.05) is 23.3 Å². The van der Waals surface area contributed by atoms with Crippen molar-refractivity contribution in [3.8, 4) is 0 Å². The van der Waals surface area contributed by atoms with Crippen LogP contribution in [0.2, 0.25) is 0 Å². The van der Waals surface area contributed by atoms with Gasteiger partial charge in [0, 0.05) is 0 Å². The quantitative estimate of drug-likeness (QED) is 0.620. The topological polar surface area (TPSA) is 9.23 Å². The molecule has 1 nitrogen and oxygen atoms in total. The highest BCUT2D eigenvalue weighted by molar-refractivity contribution is 5.05. The maximum absolute atomic E-state index is 6.14. The predicted octanol–water partition coefficient (Wildman–Crippen LogP) is 4.00. The van der Waals surface area contributed by atoms with Gasteiger partial charge in [0.05, 0.1) is 12.2 Å². The molecule has 2 aliphatic carbocycles. The van der Waals surface area contributed by atoms with Crippen molar-refractivity contribution in [2.24, 2.45) is 0 Å². The van der Waals surface area contributed by atoms with E-state index in [-0.39, 0.29) is 0 Å². The fraction of sp³-hybridized carbons (Fsp3) is 0.714. The maximum Gasteiger partial charge on any atom is 0.0616 e. The highest BCUT2D eigenvalue weighted by Gasteiger charge is 2.19. The lowest BCUT2D eigenvalue weighted by Gasteiger charge is -2.28. The molecule has 0 saturated carbocycles. The van der Waals surface area contributed by atoms with Gasteiger partial charge in [-0.2, -0.15) is 0 Å². The molecule has 2 atom stereocenters. The van der Waals surface area contributed by atoms with Gasteiger partial charge in [0.2, 0.25) is 0 Å². The van der Waals surface area contributed by atoms with E-state index in [1.807, 2.05) is 0 Å². The summed E-state index contributed by atoms with van der Waals surface area (Å²) in [6, 6.07) is 0. The summed E-state index contributed by atoms with van der Waals surface area (Å²) in [5.41, 5.74) is 3.07. The van der Waals surface area contributed by atoms with Crippen molar-refractivity contribution in [3.63, 3.8) is 0 Å². The molecule has 2 aliphatic rings. The molecule has 0 radical (unpaired) electrons. The molecule has 0 aromatic heterocycles. The van der Waals surface area contributed by atoms with Crippen molar-refractivity contribution in [1.82, 2.24) is 0 Å². The number of hydrogen-bond donors (Lipinski definition) is 0. The van der Waals surface area contributed by atoms with Gasteiger partial charge < -0.3 is 4.74 Å². The normalized spacial score (nSPS) is 32.1. The van der Waals surface area contributed by atoms with Gasteiger partial charge in [-0.3, -0.25) is 0 Å². The largest absolute Gasteiger partial charge is 0.374 e. The monoisotopic (exact) mass is 206 g/mol. The van der Waals surface area contributed by atoms with E-state index in [9.17, 15) is 0 Å². The lowest BCUT2D eigenvalue weighted by atomic mass is 9.96. The second-order valence-corrected chi connectivity index (χ2v) is 5.03. The van der Waals surface area contributed by atoms with Gasteiger partial charge in [-0.15, -0.1) is 0 Å².